The molecular weight excluding hydrogens is 417 g/mol. The minimum absolute atomic E-state index is 0.348. The lowest BCUT2D eigenvalue weighted by Gasteiger charge is -2.25. The molecule has 0 bridgehead atoms. The van der Waals surface area contributed by atoms with E-state index in [0.29, 0.717) is 31.1 Å². The molecule has 1 atom stereocenters. The first-order valence-electron chi connectivity index (χ1n) is 10.1. The fourth-order valence-corrected chi connectivity index (χ4v) is 4.45. The first kappa shape index (κ1) is 21.6. The highest BCUT2D eigenvalue weighted by atomic mass is 32.2. The molecule has 6 nitrogen and oxygen atoms in total. The Kier molecular flexibility index (Phi) is 5.70. The molecule has 164 valence electrons. The average molecular weight is 444 g/mol. The number of nitrogens with zero attached hydrogens (tertiary/aromatic N) is 3. The second kappa shape index (κ2) is 8.16. The maximum atomic E-state index is 14.0. The van der Waals surface area contributed by atoms with Gasteiger partial charge in [0.15, 0.2) is 0 Å². The first-order valence-corrected chi connectivity index (χ1v) is 12.4. The summed E-state index contributed by atoms with van der Waals surface area (Å²) >= 11 is 0. The molecule has 0 saturated carbocycles. The minimum atomic E-state index is -2.28. The Hall–Kier alpha value is -2.58. The third-order valence-electron chi connectivity index (χ3n) is 5.25. The highest BCUT2D eigenvalue weighted by molar-refractivity contribution is 7.92. The van der Waals surface area contributed by atoms with Crippen LogP contribution >= 0.6 is 0 Å². The van der Waals surface area contributed by atoms with Crippen molar-refractivity contribution in [2.24, 2.45) is 4.36 Å². The third-order valence-corrected chi connectivity index (χ3v) is 5.90. The van der Waals surface area contributed by atoms with Gasteiger partial charge in [-0.1, -0.05) is 6.07 Å². The van der Waals surface area contributed by atoms with E-state index < -0.39 is 15.3 Å². The molecule has 1 fully saturated rings. The normalized spacial score (nSPS) is 19.0. The zero-order valence-electron chi connectivity index (χ0n) is 18.1. The Morgan fingerprint density at radius 3 is 2.77 bits per heavy atom. The zero-order chi connectivity index (χ0) is 22.2. The Morgan fingerprint density at radius 1 is 1.26 bits per heavy atom. The second-order valence-corrected chi connectivity index (χ2v) is 11.1. The number of hydrogen-bond acceptors (Lipinski definition) is 6. The molecule has 1 aliphatic rings. The Labute approximate surface area is 182 Å². The summed E-state index contributed by atoms with van der Waals surface area (Å²) in [7, 11) is -2.28. The molecular formula is C23H26FN3O3S. The van der Waals surface area contributed by atoms with E-state index in [1.807, 2.05) is 26.0 Å². The van der Waals surface area contributed by atoms with E-state index in [2.05, 4.69) is 14.3 Å². The van der Waals surface area contributed by atoms with Crippen molar-refractivity contribution in [3.63, 3.8) is 0 Å². The number of aromatic nitrogens is 2. The summed E-state index contributed by atoms with van der Waals surface area (Å²) < 4.78 is 42.1. The predicted octanol–water partition coefficient (Wildman–Crippen LogP) is 4.59. The smallest absolute Gasteiger partial charge is 0.132 e. The van der Waals surface area contributed by atoms with E-state index in [-0.39, 0.29) is 5.82 Å². The molecule has 1 aromatic heterocycles. The maximum absolute atomic E-state index is 14.0. The second-order valence-electron chi connectivity index (χ2n) is 8.53. The van der Waals surface area contributed by atoms with Crippen molar-refractivity contribution in [2.45, 2.75) is 32.3 Å². The van der Waals surface area contributed by atoms with Crippen LogP contribution in [0.1, 0.15) is 30.2 Å². The largest absolute Gasteiger partial charge is 0.485 e. The highest BCUT2D eigenvalue weighted by Crippen LogP contribution is 2.33. The number of fused-ring (bicyclic) bond motifs is 1. The molecule has 0 aliphatic carbocycles. The number of halogens is 1. The summed E-state index contributed by atoms with van der Waals surface area (Å²) in [6.07, 6.45) is 5.92. The standard InChI is InChI=1S/C23H26FN3O3S/c1-15-9-18(27-31(3,4)28)12-20-22(15)19(25-14-26-20)10-16-5-6-17(24)11-21(16)30-23(2)7-8-29-13-23/h5-6,9,11-12,14H,7-8,10,13H2,1-4H3. The van der Waals surface area contributed by atoms with Gasteiger partial charge in [-0.05, 0) is 37.6 Å². The van der Waals surface area contributed by atoms with E-state index >= 15 is 0 Å². The van der Waals surface area contributed by atoms with E-state index in [1.165, 1.54) is 18.5 Å². The number of rotatable bonds is 5. The van der Waals surface area contributed by atoms with E-state index in [0.717, 1.165) is 34.1 Å². The van der Waals surface area contributed by atoms with Gasteiger partial charge in [0.25, 0.3) is 0 Å². The number of aryl methyl sites for hydroxylation is 1. The van der Waals surface area contributed by atoms with Crippen LogP contribution in [0.15, 0.2) is 41.0 Å². The lowest BCUT2D eigenvalue weighted by atomic mass is 10.0. The molecule has 3 aromatic rings. The van der Waals surface area contributed by atoms with Gasteiger partial charge in [-0.3, -0.25) is 0 Å². The van der Waals surface area contributed by atoms with Gasteiger partial charge in [-0.25, -0.2) is 18.6 Å². The molecule has 1 saturated heterocycles. The van der Waals surface area contributed by atoms with Crippen molar-refractivity contribution in [1.82, 2.24) is 9.97 Å². The van der Waals surface area contributed by atoms with Crippen LogP contribution < -0.4 is 4.74 Å². The first-order chi connectivity index (χ1) is 14.6. The summed E-state index contributed by atoms with van der Waals surface area (Å²) in [5.41, 5.74) is 3.48. The van der Waals surface area contributed by atoms with Crippen molar-refractivity contribution in [3.05, 3.63) is 59.3 Å². The minimum Gasteiger partial charge on any atom is -0.485 e. The Bertz CT molecular complexity index is 1250. The summed E-state index contributed by atoms with van der Waals surface area (Å²) in [4.78, 5) is 8.90. The van der Waals surface area contributed by atoms with E-state index in [4.69, 9.17) is 9.47 Å². The summed E-state index contributed by atoms with van der Waals surface area (Å²) in [5.74, 6) is 0.153. The van der Waals surface area contributed by atoms with Crippen LogP contribution in [-0.4, -0.2) is 45.5 Å². The van der Waals surface area contributed by atoms with E-state index in [1.54, 1.807) is 18.6 Å². The quantitative estimate of drug-likeness (QED) is 0.577. The molecule has 0 radical (unpaired) electrons. The zero-order valence-corrected chi connectivity index (χ0v) is 19.0. The van der Waals surface area contributed by atoms with Crippen LogP contribution in [0, 0.1) is 12.7 Å². The third kappa shape index (κ3) is 5.02. The average Bonchev–Trinajstić information content (AvgIpc) is 3.08. The van der Waals surface area contributed by atoms with Crippen molar-refractivity contribution < 1.29 is 18.1 Å². The van der Waals surface area contributed by atoms with Crippen LogP contribution in [0.25, 0.3) is 10.9 Å². The monoisotopic (exact) mass is 443 g/mol. The molecule has 0 N–H and O–H groups in total. The number of benzene rings is 2. The van der Waals surface area contributed by atoms with Gasteiger partial charge in [0.1, 0.15) is 23.5 Å². The van der Waals surface area contributed by atoms with Gasteiger partial charge in [-0.15, -0.1) is 0 Å². The van der Waals surface area contributed by atoms with Crippen LogP contribution in [0.3, 0.4) is 0 Å². The summed E-state index contributed by atoms with van der Waals surface area (Å²) in [5, 5.41) is 0.908. The molecule has 8 heteroatoms. The number of hydrogen-bond donors (Lipinski definition) is 0. The van der Waals surface area contributed by atoms with Crippen molar-refractivity contribution in [2.75, 3.05) is 25.7 Å². The number of ether oxygens (including phenoxy) is 2. The SMILES string of the molecule is Cc1cc(N=S(C)(C)=O)cc2ncnc(Cc3ccc(F)cc3OC3(C)CCOC3)c12. The molecule has 31 heavy (non-hydrogen) atoms. The van der Waals surface area contributed by atoms with Gasteiger partial charge in [0.05, 0.1) is 30.1 Å². The van der Waals surface area contributed by atoms with Crippen molar-refractivity contribution in [3.8, 4) is 5.75 Å². The van der Waals surface area contributed by atoms with Gasteiger partial charge in [-0.2, -0.15) is 4.36 Å². The Morgan fingerprint density at radius 2 is 2.06 bits per heavy atom. The predicted molar refractivity (Wildman–Crippen MR) is 120 cm³/mol. The van der Waals surface area contributed by atoms with E-state index in [9.17, 15) is 8.60 Å². The fourth-order valence-electron chi connectivity index (χ4n) is 3.84. The van der Waals surface area contributed by atoms with Crippen LogP contribution in [0.2, 0.25) is 0 Å². The molecule has 1 aliphatic heterocycles. The molecule has 4 rings (SSSR count). The molecule has 0 amide bonds. The highest BCUT2D eigenvalue weighted by Gasteiger charge is 2.32. The molecule has 0 spiro atoms. The van der Waals surface area contributed by atoms with Crippen molar-refractivity contribution >= 4 is 26.3 Å². The topological polar surface area (TPSA) is 73.7 Å². The van der Waals surface area contributed by atoms with Crippen molar-refractivity contribution in [1.29, 1.82) is 0 Å². The molecule has 1 unspecified atom stereocenters. The maximum Gasteiger partial charge on any atom is 0.132 e. The molecule has 2 aromatic carbocycles. The summed E-state index contributed by atoms with van der Waals surface area (Å²) in [6.45, 7) is 5.04. The lowest BCUT2D eigenvalue weighted by Crippen LogP contribution is -2.32. The fraction of sp³-hybridized carbons (Fsp3) is 0.391. The van der Waals surface area contributed by atoms with Crippen LogP contribution in [0.5, 0.6) is 5.75 Å². The van der Waals surface area contributed by atoms with Gasteiger partial charge in [0, 0.05) is 52.1 Å². The van der Waals surface area contributed by atoms with Gasteiger partial charge in [0.2, 0.25) is 0 Å². The van der Waals surface area contributed by atoms with Crippen LogP contribution in [-0.2, 0) is 20.9 Å². The van der Waals surface area contributed by atoms with Gasteiger partial charge >= 0.3 is 0 Å². The van der Waals surface area contributed by atoms with Gasteiger partial charge < -0.3 is 9.47 Å². The van der Waals surface area contributed by atoms with Crippen LogP contribution in [0.4, 0.5) is 10.1 Å². The lowest BCUT2D eigenvalue weighted by molar-refractivity contribution is 0.0653. The summed E-state index contributed by atoms with van der Waals surface area (Å²) in [6, 6.07) is 8.30. The molecule has 2 heterocycles. The Balaban J connectivity index is 1.75.